The first-order valence-electron chi connectivity index (χ1n) is 8.67. The molecule has 0 nitrogen and oxygen atoms in total. The maximum absolute atomic E-state index is 14.5. The highest BCUT2D eigenvalue weighted by atomic mass is 19.2. The largest absolute Gasteiger partial charge is 0.206 e. The third kappa shape index (κ3) is 3.63. The van der Waals surface area contributed by atoms with Crippen molar-refractivity contribution >= 4 is 11.6 Å². The fraction of sp³-hybridized carbons (Fsp3) is 0.333. The topological polar surface area (TPSA) is 0 Å². The number of aryl methyl sites for hydroxylation is 1. The van der Waals surface area contributed by atoms with Gasteiger partial charge in [-0.3, -0.25) is 0 Å². The Morgan fingerprint density at radius 1 is 0.880 bits per heavy atom. The van der Waals surface area contributed by atoms with E-state index < -0.39 is 17.5 Å². The third-order valence-electron chi connectivity index (χ3n) is 4.72. The second kappa shape index (κ2) is 7.42. The Labute approximate surface area is 145 Å². The summed E-state index contributed by atoms with van der Waals surface area (Å²) in [5, 5.41) is 0. The number of unbranched alkanes of at least 4 members (excludes halogenated alkanes) is 2. The number of fused-ring (bicyclic) bond motifs is 1. The van der Waals surface area contributed by atoms with Crippen molar-refractivity contribution in [2.45, 2.75) is 45.4 Å². The standard InChI is InChI=1S/C21H20F4/c1-2-3-4-5-13-6-8-16(18(22)10-13)14-7-9-17-15(11-14)12-19(23)21(25)20(17)24/h6,8,10-12H,2-5,7,9H2,1H3. The van der Waals surface area contributed by atoms with Gasteiger partial charge in [0.05, 0.1) is 0 Å². The van der Waals surface area contributed by atoms with E-state index in [1.807, 2.05) is 6.07 Å². The van der Waals surface area contributed by atoms with E-state index in [0.29, 0.717) is 17.6 Å². The Balaban J connectivity index is 1.90. The molecule has 2 aromatic rings. The van der Waals surface area contributed by atoms with Gasteiger partial charge in [-0.25, -0.2) is 17.6 Å². The molecule has 0 atom stereocenters. The molecule has 0 amide bonds. The number of hydrogen-bond donors (Lipinski definition) is 0. The van der Waals surface area contributed by atoms with E-state index in [1.165, 1.54) is 6.07 Å². The van der Waals surface area contributed by atoms with Crippen LogP contribution in [0.3, 0.4) is 0 Å². The Hall–Kier alpha value is -2.10. The molecule has 2 aromatic carbocycles. The normalized spacial score (nSPS) is 13.6. The molecule has 1 aliphatic rings. The summed E-state index contributed by atoms with van der Waals surface area (Å²) >= 11 is 0. The lowest BCUT2D eigenvalue weighted by atomic mass is 9.87. The van der Waals surface area contributed by atoms with Crippen LogP contribution >= 0.6 is 0 Å². The Morgan fingerprint density at radius 3 is 2.40 bits per heavy atom. The molecule has 3 rings (SSSR count). The minimum Gasteiger partial charge on any atom is -0.206 e. The molecule has 0 fully saturated rings. The molecule has 4 heteroatoms. The molecule has 0 unspecified atom stereocenters. The van der Waals surface area contributed by atoms with Crippen LogP contribution in [-0.2, 0) is 12.8 Å². The van der Waals surface area contributed by atoms with Gasteiger partial charge in [-0.05, 0) is 60.1 Å². The molecular weight excluding hydrogens is 328 g/mol. The van der Waals surface area contributed by atoms with Crippen molar-refractivity contribution in [3.05, 3.63) is 69.8 Å². The van der Waals surface area contributed by atoms with Crippen LogP contribution in [0, 0.1) is 23.3 Å². The minimum absolute atomic E-state index is 0.152. The van der Waals surface area contributed by atoms with Gasteiger partial charge in [-0.15, -0.1) is 0 Å². The highest BCUT2D eigenvalue weighted by Gasteiger charge is 2.22. The molecule has 0 radical (unpaired) electrons. The van der Waals surface area contributed by atoms with E-state index in [0.717, 1.165) is 37.3 Å². The fourth-order valence-electron chi connectivity index (χ4n) is 3.32. The maximum Gasteiger partial charge on any atom is 0.194 e. The van der Waals surface area contributed by atoms with Crippen LogP contribution in [-0.4, -0.2) is 0 Å². The highest BCUT2D eigenvalue weighted by molar-refractivity contribution is 5.84. The smallest absolute Gasteiger partial charge is 0.194 e. The van der Waals surface area contributed by atoms with Gasteiger partial charge in [0, 0.05) is 5.56 Å². The quantitative estimate of drug-likeness (QED) is 0.330. The van der Waals surface area contributed by atoms with E-state index in [9.17, 15) is 17.6 Å². The second-order valence-electron chi connectivity index (χ2n) is 6.50. The molecule has 132 valence electrons. The van der Waals surface area contributed by atoms with Crippen molar-refractivity contribution in [1.82, 2.24) is 0 Å². The van der Waals surface area contributed by atoms with Gasteiger partial charge in [-0.2, -0.15) is 0 Å². The van der Waals surface area contributed by atoms with Gasteiger partial charge >= 0.3 is 0 Å². The molecule has 0 spiro atoms. The monoisotopic (exact) mass is 348 g/mol. The fourth-order valence-corrected chi connectivity index (χ4v) is 3.32. The number of rotatable bonds is 5. The van der Waals surface area contributed by atoms with Gasteiger partial charge in [0.15, 0.2) is 17.5 Å². The maximum atomic E-state index is 14.5. The summed E-state index contributed by atoms with van der Waals surface area (Å²) in [5.74, 6) is -4.14. The van der Waals surface area contributed by atoms with E-state index in [2.05, 4.69) is 6.92 Å². The van der Waals surface area contributed by atoms with Gasteiger partial charge in [0.1, 0.15) is 5.82 Å². The highest BCUT2D eigenvalue weighted by Crippen LogP contribution is 2.34. The number of halogens is 4. The summed E-state index contributed by atoms with van der Waals surface area (Å²) in [6, 6.07) is 6.14. The molecule has 0 aromatic heterocycles. The first-order chi connectivity index (χ1) is 12.0. The Morgan fingerprint density at radius 2 is 1.68 bits per heavy atom. The van der Waals surface area contributed by atoms with E-state index in [4.69, 9.17) is 0 Å². The van der Waals surface area contributed by atoms with Crippen molar-refractivity contribution in [3.8, 4) is 0 Å². The van der Waals surface area contributed by atoms with Gasteiger partial charge < -0.3 is 0 Å². The average molecular weight is 348 g/mol. The summed E-state index contributed by atoms with van der Waals surface area (Å²) in [4.78, 5) is 0. The molecule has 0 N–H and O–H groups in total. The van der Waals surface area contributed by atoms with Crippen LogP contribution in [0.1, 0.15) is 54.9 Å². The molecule has 0 bridgehead atoms. The summed E-state index contributed by atoms with van der Waals surface area (Å²) in [5.41, 5.74) is 2.50. The van der Waals surface area contributed by atoms with Crippen molar-refractivity contribution in [3.63, 3.8) is 0 Å². The Bertz CT molecular complexity index is 821. The van der Waals surface area contributed by atoms with Crippen LogP contribution in [0.25, 0.3) is 11.6 Å². The van der Waals surface area contributed by atoms with Crippen molar-refractivity contribution in [2.75, 3.05) is 0 Å². The lowest BCUT2D eigenvalue weighted by molar-refractivity contribution is 0.440. The zero-order chi connectivity index (χ0) is 18.0. The van der Waals surface area contributed by atoms with Crippen LogP contribution in [0.2, 0.25) is 0 Å². The third-order valence-corrected chi connectivity index (χ3v) is 4.72. The molecular formula is C21H20F4. The van der Waals surface area contributed by atoms with Gasteiger partial charge in [-0.1, -0.05) is 38.0 Å². The molecule has 0 saturated heterocycles. The summed E-state index contributed by atoms with van der Waals surface area (Å²) in [6.45, 7) is 2.12. The van der Waals surface area contributed by atoms with Gasteiger partial charge in [0.25, 0.3) is 0 Å². The number of benzene rings is 2. The lowest BCUT2D eigenvalue weighted by Crippen LogP contribution is -2.07. The van der Waals surface area contributed by atoms with Gasteiger partial charge in [0.2, 0.25) is 0 Å². The second-order valence-corrected chi connectivity index (χ2v) is 6.50. The molecule has 0 heterocycles. The predicted molar refractivity (Wildman–Crippen MR) is 92.1 cm³/mol. The van der Waals surface area contributed by atoms with E-state index in [1.54, 1.807) is 12.1 Å². The number of hydrogen-bond acceptors (Lipinski definition) is 0. The molecule has 25 heavy (non-hydrogen) atoms. The minimum atomic E-state index is -1.45. The van der Waals surface area contributed by atoms with Crippen molar-refractivity contribution < 1.29 is 17.6 Å². The van der Waals surface area contributed by atoms with Crippen LogP contribution in [0.15, 0.2) is 24.3 Å². The molecule has 1 aliphatic carbocycles. The molecule has 0 aliphatic heterocycles. The first kappa shape index (κ1) is 17.7. The van der Waals surface area contributed by atoms with E-state index >= 15 is 0 Å². The summed E-state index contributed by atoms with van der Waals surface area (Å²) < 4.78 is 55.1. The SMILES string of the molecule is CCCCCc1ccc(C2=Cc3cc(F)c(F)c(F)c3CC2)c(F)c1. The number of allylic oxidation sites excluding steroid dienone is 1. The molecule has 0 saturated carbocycles. The van der Waals surface area contributed by atoms with Crippen LogP contribution < -0.4 is 0 Å². The zero-order valence-corrected chi connectivity index (χ0v) is 14.1. The average Bonchev–Trinajstić information content (AvgIpc) is 2.60. The van der Waals surface area contributed by atoms with Crippen LogP contribution in [0.5, 0.6) is 0 Å². The predicted octanol–water partition coefficient (Wildman–Crippen LogP) is 6.46. The zero-order valence-electron chi connectivity index (χ0n) is 14.1. The Kier molecular flexibility index (Phi) is 5.26. The van der Waals surface area contributed by atoms with Crippen molar-refractivity contribution in [2.24, 2.45) is 0 Å². The van der Waals surface area contributed by atoms with Crippen molar-refractivity contribution in [1.29, 1.82) is 0 Å². The summed E-state index contributed by atoms with van der Waals surface area (Å²) in [7, 11) is 0. The lowest BCUT2D eigenvalue weighted by Gasteiger charge is -2.18. The van der Waals surface area contributed by atoms with E-state index in [-0.39, 0.29) is 23.4 Å². The summed E-state index contributed by atoms with van der Waals surface area (Å²) in [6.07, 6.45) is 6.25. The van der Waals surface area contributed by atoms with Crippen LogP contribution in [0.4, 0.5) is 17.6 Å². The first-order valence-corrected chi connectivity index (χ1v) is 8.67.